The van der Waals surface area contributed by atoms with Gasteiger partial charge in [0.15, 0.2) is 0 Å². The molecule has 0 aromatic heterocycles. The maximum atomic E-state index is 4.50. The molecule has 0 N–H and O–H groups in total. The van der Waals surface area contributed by atoms with Crippen LogP contribution in [-0.2, 0) is 0 Å². The van der Waals surface area contributed by atoms with Crippen LogP contribution in [0.3, 0.4) is 0 Å². The van der Waals surface area contributed by atoms with Crippen molar-refractivity contribution in [3.05, 3.63) is 0 Å². The number of thiol groups is 1. The summed E-state index contributed by atoms with van der Waals surface area (Å²) in [5.74, 6) is 0. The standard InChI is InChI=1S/CH4I4S2/c1-7(2,3,4,5)6/h6H,1H3. The van der Waals surface area contributed by atoms with Crippen molar-refractivity contribution in [3.8, 4) is 0 Å². The average Bonchev–Trinajstić information content (AvgIpc) is 0.592. The number of hydrogen-bond acceptors (Lipinski definition) is 1. The first kappa shape index (κ1) is 10.6. The highest BCUT2D eigenvalue weighted by atomic mass is 127. The highest BCUT2D eigenvalue weighted by Crippen LogP contribution is 3.13. The molecular weight excluding hydrogens is 584 g/mol. The second-order valence-corrected chi connectivity index (χ2v) is 78.0. The minimum atomic E-state index is -1.90. The Kier molecular flexibility index (Phi) is 3.13. The second kappa shape index (κ2) is 2.06. The summed E-state index contributed by atoms with van der Waals surface area (Å²) in [6.45, 7) is 0. The smallest absolute Gasteiger partial charge is 0.00537 e. The van der Waals surface area contributed by atoms with Gasteiger partial charge in [-0.05, 0) is 91.1 Å². The van der Waals surface area contributed by atoms with Crippen molar-refractivity contribution in [3.63, 3.8) is 0 Å². The van der Waals surface area contributed by atoms with Crippen LogP contribution in [0.25, 0.3) is 0 Å². The van der Waals surface area contributed by atoms with E-state index in [1.807, 2.05) is 0 Å². The number of halogens is 4. The van der Waals surface area contributed by atoms with Gasteiger partial charge in [-0.1, -0.05) is -3.99 Å². The predicted molar refractivity (Wildman–Crippen MR) is 78.6 cm³/mol. The third kappa shape index (κ3) is 42.6. The maximum Gasteiger partial charge on any atom is -0.00537 e. The molecular formula is CH4I4S2. The van der Waals surface area contributed by atoms with Crippen LogP contribution in [0.15, 0.2) is 0 Å². The summed E-state index contributed by atoms with van der Waals surface area (Å²) >= 11 is 14.1. The molecule has 0 nitrogen and oxygen atoms in total. The molecule has 0 aliphatic heterocycles. The Hall–Kier alpha value is 3.62. The molecule has 0 saturated heterocycles. The van der Waals surface area contributed by atoms with E-state index in [0.29, 0.717) is 0 Å². The van der Waals surface area contributed by atoms with Crippen LogP contribution in [0.1, 0.15) is 0 Å². The van der Waals surface area contributed by atoms with Crippen molar-refractivity contribution in [1.29, 1.82) is 0 Å². The lowest BCUT2D eigenvalue weighted by molar-refractivity contribution is 2.53. The molecule has 0 atom stereocenters. The number of hydrogen-bond donors (Lipinski definition) is 1. The molecule has 0 spiro atoms. The van der Waals surface area contributed by atoms with Gasteiger partial charge in [0.25, 0.3) is 0 Å². The van der Waals surface area contributed by atoms with Crippen molar-refractivity contribution in [2.75, 3.05) is 6.26 Å². The third-order valence-electron chi connectivity index (χ3n) is 0. The van der Waals surface area contributed by atoms with E-state index in [-0.39, 0.29) is 0 Å². The molecule has 0 aromatic carbocycles. The maximum absolute atomic E-state index is 4.50. The Bertz CT molecular complexity index is 68.3. The van der Waals surface area contributed by atoms with Gasteiger partial charge >= 0.3 is 0 Å². The molecule has 0 aliphatic carbocycles. The first-order valence-electron chi connectivity index (χ1n) is 1.21. The van der Waals surface area contributed by atoms with Crippen molar-refractivity contribution in [2.45, 2.75) is 0 Å². The van der Waals surface area contributed by atoms with Crippen molar-refractivity contribution in [1.82, 2.24) is 0 Å². The average molecular weight is 588 g/mol. The van der Waals surface area contributed by atoms with Gasteiger partial charge in [-0.3, -0.25) is 0 Å². The third-order valence-corrected chi connectivity index (χ3v) is 0. The largest absolute Gasteiger partial charge is 0.113 e. The summed E-state index contributed by atoms with van der Waals surface area (Å²) in [5, 5.41) is 0. The van der Waals surface area contributed by atoms with Gasteiger partial charge in [-0.25, -0.2) is 0 Å². The van der Waals surface area contributed by atoms with Crippen LogP contribution in [0.5, 0.6) is 0 Å². The molecule has 0 unspecified atom stereocenters. The minimum Gasteiger partial charge on any atom is -0.113 e. The molecule has 6 heteroatoms. The fourth-order valence-corrected chi connectivity index (χ4v) is 0. The van der Waals surface area contributed by atoms with Crippen LogP contribution >= 0.6 is 92.5 Å². The lowest BCUT2D eigenvalue weighted by atomic mass is 12.0. The highest BCUT2D eigenvalue weighted by Gasteiger charge is 2.40. The number of rotatable bonds is 0. The Morgan fingerprint density at radius 3 is 1.14 bits per heavy atom. The predicted octanol–water partition coefficient (Wildman–Crippen LogP) is 4.74. The van der Waals surface area contributed by atoms with Gasteiger partial charge in [0.2, 0.25) is 0 Å². The summed E-state index contributed by atoms with van der Waals surface area (Å²) < 4.78 is -1.90. The second-order valence-electron chi connectivity index (χ2n) is 1.43. The zero-order valence-corrected chi connectivity index (χ0v) is 13.7. The van der Waals surface area contributed by atoms with E-state index in [2.05, 4.69) is 103 Å². The molecule has 0 amide bonds. The molecule has 0 heterocycles. The fourth-order valence-electron chi connectivity index (χ4n) is 0. The van der Waals surface area contributed by atoms with Crippen molar-refractivity contribution >= 4 is 92.5 Å². The lowest BCUT2D eigenvalue weighted by Gasteiger charge is -2.50. The first-order valence-corrected chi connectivity index (χ1v) is 15.3. The Morgan fingerprint density at radius 1 is 1.14 bits per heavy atom. The lowest BCUT2D eigenvalue weighted by Crippen LogP contribution is -1.83. The summed E-state index contributed by atoms with van der Waals surface area (Å²) in [6, 6.07) is 0. The SMILES string of the molecule is CS(S)(I)(I)(I)I. The van der Waals surface area contributed by atoms with Crippen LogP contribution < -0.4 is 0 Å². The first-order chi connectivity index (χ1) is 2.45. The molecule has 0 radical (unpaired) electrons. The normalized spacial score (nSPS) is 23.1. The van der Waals surface area contributed by atoms with E-state index in [9.17, 15) is 0 Å². The topological polar surface area (TPSA) is 0 Å². The van der Waals surface area contributed by atoms with Crippen LogP contribution in [0, 0.1) is 0 Å². The monoisotopic (exact) mass is 588 g/mol. The fraction of sp³-hybridized carbons (Fsp3) is 1.00. The highest BCUT2D eigenvalue weighted by molar-refractivity contribution is 14.6. The minimum absolute atomic E-state index is 1.90. The van der Waals surface area contributed by atoms with E-state index in [1.54, 1.807) is 0 Å². The molecule has 48 valence electrons. The zero-order chi connectivity index (χ0) is 6.41. The summed E-state index contributed by atoms with van der Waals surface area (Å²) in [6.07, 6.45) is 2.16. The Morgan fingerprint density at radius 2 is 1.14 bits per heavy atom. The summed E-state index contributed by atoms with van der Waals surface area (Å²) in [4.78, 5) is 0. The van der Waals surface area contributed by atoms with Crippen LogP contribution in [-0.4, -0.2) is 6.26 Å². The van der Waals surface area contributed by atoms with E-state index in [1.165, 1.54) is 0 Å². The van der Waals surface area contributed by atoms with Gasteiger partial charge in [0.05, 0.1) is 0 Å². The molecule has 7 heavy (non-hydrogen) atoms. The molecule has 0 aliphatic rings. The van der Waals surface area contributed by atoms with Gasteiger partial charge < -0.3 is 0 Å². The summed E-state index contributed by atoms with van der Waals surface area (Å²) in [5.41, 5.74) is 0. The van der Waals surface area contributed by atoms with E-state index in [0.717, 1.165) is 0 Å². The Balaban J connectivity index is 4.43. The van der Waals surface area contributed by atoms with Gasteiger partial charge in [0.1, 0.15) is 0 Å². The van der Waals surface area contributed by atoms with Gasteiger partial charge in [0, 0.05) is 0 Å². The molecule has 0 aromatic rings. The molecule has 0 rings (SSSR count). The Labute approximate surface area is 96.1 Å². The zero-order valence-electron chi connectivity index (χ0n) is 3.37. The molecule has 0 saturated carbocycles. The van der Waals surface area contributed by atoms with Crippen molar-refractivity contribution < 1.29 is 0 Å². The van der Waals surface area contributed by atoms with Crippen molar-refractivity contribution in [2.24, 2.45) is 0 Å². The summed E-state index contributed by atoms with van der Waals surface area (Å²) in [7, 11) is 0. The molecule has 0 fully saturated rings. The quantitative estimate of drug-likeness (QED) is 0.236. The van der Waals surface area contributed by atoms with E-state index in [4.69, 9.17) is 0 Å². The van der Waals surface area contributed by atoms with Crippen LogP contribution in [0.4, 0.5) is 0 Å². The van der Waals surface area contributed by atoms with Gasteiger partial charge in [-0.15, -0.1) is 11.7 Å². The van der Waals surface area contributed by atoms with E-state index >= 15 is 0 Å². The van der Waals surface area contributed by atoms with Gasteiger partial charge in [-0.2, -0.15) is 0 Å². The van der Waals surface area contributed by atoms with E-state index < -0.39 is -3.99 Å². The van der Waals surface area contributed by atoms with Crippen LogP contribution in [0.2, 0.25) is 0 Å². The molecule has 0 bridgehead atoms.